The van der Waals surface area contributed by atoms with Gasteiger partial charge in [-0.1, -0.05) is 0 Å². The van der Waals surface area contributed by atoms with Crippen LogP contribution in [0.1, 0.15) is 49.8 Å². The number of fused-ring (bicyclic) bond motifs is 1. The zero-order valence-electron chi connectivity index (χ0n) is 12.0. The maximum Gasteiger partial charge on any atom is 0.128 e. The highest BCUT2D eigenvalue weighted by atomic mass is 16.5. The molecule has 1 aliphatic heterocycles. The molecule has 108 valence electrons. The molecule has 4 bridgehead atoms. The Bertz CT molecular complexity index is 527. The Hall–Kier alpha value is -1.03. The fraction of sp³-hybridized carbons (Fsp3) is 0.812. The molecule has 4 saturated carbocycles. The smallest absolute Gasteiger partial charge is 0.128 e. The highest BCUT2D eigenvalue weighted by Gasteiger charge is 2.53. The predicted molar refractivity (Wildman–Crippen MR) is 76.1 cm³/mol. The van der Waals surface area contributed by atoms with Gasteiger partial charge in [-0.2, -0.15) is 5.10 Å². The predicted octanol–water partition coefficient (Wildman–Crippen LogP) is 2.46. The van der Waals surface area contributed by atoms with E-state index in [4.69, 9.17) is 15.6 Å². The molecule has 1 aromatic rings. The molecule has 0 radical (unpaired) electrons. The Balaban J connectivity index is 1.61. The lowest BCUT2D eigenvalue weighted by Crippen LogP contribution is -2.52. The summed E-state index contributed by atoms with van der Waals surface area (Å²) in [6.07, 6.45) is 9.24. The first kappa shape index (κ1) is 11.6. The lowest BCUT2D eigenvalue weighted by molar-refractivity contribution is -0.0483. The summed E-state index contributed by atoms with van der Waals surface area (Å²) in [7, 11) is 0. The molecule has 0 amide bonds. The number of anilines is 1. The van der Waals surface area contributed by atoms with E-state index in [9.17, 15) is 0 Å². The van der Waals surface area contributed by atoms with Crippen LogP contribution in [-0.2, 0) is 23.3 Å². The van der Waals surface area contributed by atoms with E-state index in [0.29, 0.717) is 6.61 Å². The van der Waals surface area contributed by atoms with Gasteiger partial charge < -0.3 is 10.5 Å². The number of nitrogens with zero attached hydrogens (tertiary/aromatic N) is 2. The third kappa shape index (κ3) is 1.43. The Kier molecular flexibility index (Phi) is 2.20. The monoisotopic (exact) mass is 273 g/mol. The second-order valence-electron chi connectivity index (χ2n) is 7.67. The van der Waals surface area contributed by atoms with Crippen molar-refractivity contribution in [1.82, 2.24) is 9.78 Å². The molecule has 5 aliphatic rings. The summed E-state index contributed by atoms with van der Waals surface area (Å²) >= 11 is 0. The van der Waals surface area contributed by atoms with Crippen LogP contribution in [0.2, 0.25) is 0 Å². The van der Waals surface area contributed by atoms with Gasteiger partial charge in [0.05, 0.1) is 24.4 Å². The molecule has 20 heavy (non-hydrogen) atoms. The number of rotatable bonds is 1. The van der Waals surface area contributed by atoms with Crippen LogP contribution >= 0.6 is 0 Å². The summed E-state index contributed by atoms with van der Waals surface area (Å²) in [6.45, 7) is 1.46. The van der Waals surface area contributed by atoms with Crippen LogP contribution in [0, 0.1) is 17.8 Å². The first-order valence-corrected chi connectivity index (χ1v) is 8.18. The Morgan fingerprint density at radius 1 is 1.10 bits per heavy atom. The first-order chi connectivity index (χ1) is 9.73. The molecular formula is C16H23N3O. The Morgan fingerprint density at radius 3 is 2.35 bits per heavy atom. The fourth-order valence-electron chi connectivity index (χ4n) is 5.90. The standard InChI is InChI=1S/C16H23N3O/c17-15-13-9-20-2-1-14(13)18-19(15)16-6-10-3-11(7-16)5-12(4-10)8-16/h10-12H,1-9,17H2. The number of nitrogens with two attached hydrogens (primary N) is 1. The quantitative estimate of drug-likeness (QED) is 0.855. The third-order valence-electron chi connectivity index (χ3n) is 6.29. The molecule has 2 heterocycles. The van der Waals surface area contributed by atoms with Crippen molar-refractivity contribution in [1.29, 1.82) is 0 Å². The van der Waals surface area contributed by atoms with Crippen molar-refractivity contribution >= 4 is 5.82 Å². The molecule has 4 heteroatoms. The second kappa shape index (κ2) is 3.79. The average Bonchev–Trinajstić information content (AvgIpc) is 2.76. The van der Waals surface area contributed by atoms with Gasteiger partial charge in [0.1, 0.15) is 5.82 Å². The molecule has 0 saturated heterocycles. The first-order valence-electron chi connectivity index (χ1n) is 8.18. The number of ether oxygens (including phenoxy) is 1. The summed E-state index contributed by atoms with van der Waals surface area (Å²) in [5.74, 6) is 3.69. The Morgan fingerprint density at radius 2 is 1.75 bits per heavy atom. The van der Waals surface area contributed by atoms with Gasteiger partial charge in [-0.3, -0.25) is 0 Å². The van der Waals surface area contributed by atoms with Gasteiger partial charge in [0.15, 0.2) is 0 Å². The maximum atomic E-state index is 6.47. The molecule has 6 rings (SSSR count). The summed E-state index contributed by atoms with van der Waals surface area (Å²) in [6, 6.07) is 0. The maximum absolute atomic E-state index is 6.47. The van der Waals surface area contributed by atoms with Gasteiger partial charge >= 0.3 is 0 Å². The highest BCUT2D eigenvalue weighted by molar-refractivity contribution is 5.45. The largest absolute Gasteiger partial charge is 0.384 e. The van der Waals surface area contributed by atoms with Crippen LogP contribution in [0.5, 0.6) is 0 Å². The van der Waals surface area contributed by atoms with E-state index in [1.54, 1.807) is 0 Å². The molecule has 0 aromatic carbocycles. The van der Waals surface area contributed by atoms with Crippen molar-refractivity contribution in [2.24, 2.45) is 17.8 Å². The molecule has 0 atom stereocenters. The molecule has 4 fully saturated rings. The van der Waals surface area contributed by atoms with Crippen LogP contribution < -0.4 is 5.73 Å². The van der Waals surface area contributed by atoms with Crippen LogP contribution in [0.3, 0.4) is 0 Å². The minimum Gasteiger partial charge on any atom is -0.384 e. The van der Waals surface area contributed by atoms with Crippen molar-refractivity contribution in [3.63, 3.8) is 0 Å². The summed E-state index contributed by atoms with van der Waals surface area (Å²) in [5, 5.41) is 4.95. The van der Waals surface area contributed by atoms with Gasteiger partial charge in [-0.15, -0.1) is 0 Å². The molecule has 4 nitrogen and oxygen atoms in total. The van der Waals surface area contributed by atoms with E-state index in [1.807, 2.05) is 0 Å². The van der Waals surface area contributed by atoms with Gasteiger partial charge in [-0.05, 0) is 56.3 Å². The molecule has 1 aromatic heterocycles. The lowest BCUT2D eigenvalue weighted by atomic mass is 9.53. The van der Waals surface area contributed by atoms with Crippen LogP contribution in [0.4, 0.5) is 5.82 Å². The van der Waals surface area contributed by atoms with Crippen LogP contribution in [-0.4, -0.2) is 16.4 Å². The highest BCUT2D eigenvalue weighted by Crippen LogP contribution is 2.59. The fourth-order valence-corrected chi connectivity index (χ4v) is 5.90. The number of hydrogen-bond acceptors (Lipinski definition) is 3. The van der Waals surface area contributed by atoms with Crippen molar-refractivity contribution < 1.29 is 4.74 Å². The normalized spacial score (nSPS) is 41.9. The summed E-state index contributed by atoms with van der Waals surface area (Å²) in [4.78, 5) is 0. The summed E-state index contributed by atoms with van der Waals surface area (Å²) in [5.41, 5.74) is 9.08. The van der Waals surface area contributed by atoms with Crippen LogP contribution in [0.15, 0.2) is 0 Å². The van der Waals surface area contributed by atoms with Gasteiger partial charge in [0.2, 0.25) is 0 Å². The zero-order valence-corrected chi connectivity index (χ0v) is 12.0. The van der Waals surface area contributed by atoms with E-state index in [-0.39, 0.29) is 5.54 Å². The Labute approximate surface area is 119 Å². The minimum atomic E-state index is 0.246. The van der Waals surface area contributed by atoms with Gasteiger partial charge in [-0.25, -0.2) is 4.68 Å². The summed E-state index contributed by atoms with van der Waals surface area (Å²) < 4.78 is 7.82. The van der Waals surface area contributed by atoms with E-state index in [0.717, 1.165) is 36.6 Å². The van der Waals surface area contributed by atoms with Crippen molar-refractivity contribution in [3.8, 4) is 0 Å². The van der Waals surface area contributed by atoms with E-state index in [1.165, 1.54) is 49.8 Å². The van der Waals surface area contributed by atoms with E-state index >= 15 is 0 Å². The molecule has 0 unspecified atom stereocenters. The van der Waals surface area contributed by atoms with E-state index < -0.39 is 0 Å². The zero-order chi connectivity index (χ0) is 13.3. The van der Waals surface area contributed by atoms with Gasteiger partial charge in [0.25, 0.3) is 0 Å². The molecular weight excluding hydrogens is 250 g/mol. The molecule has 0 spiro atoms. The van der Waals surface area contributed by atoms with Gasteiger partial charge in [0, 0.05) is 12.0 Å². The second-order valence-corrected chi connectivity index (χ2v) is 7.67. The third-order valence-corrected chi connectivity index (χ3v) is 6.29. The number of nitrogen functional groups attached to an aromatic ring is 1. The van der Waals surface area contributed by atoms with Crippen molar-refractivity contribution in [2.75, 3.05) is 12.3 Å². The van der Waals surface area contributed by atoms with Crippen LogP contribution in [0.25, 0.3) is 0 Å². The number of hydrogen-bond donors (Lipinski definition) is 1. The van der Waals surface area contributed by atoms with Crippen molar-refractivity contribution in [2.45, 2.75) is 57.1 Å². The average molecular weight is 273 g/mol. The SMILES string of the molecule is Nc1c2c(nn1C13CC4CC(CC(C4)C1)C3)CCOC2. The number of aromatic nitrogens is 2. The van der Waals surface area contributed by atoms with E-state index in [2.05, 4.69) is 4.68 Å². The topological polar surface area (TPSA) is 53.1 Å². The minimum absolute atomic E-state index is 0.246. The molecule has 4 aliphatic carbocycles. The lowest BCUT2D eigenvalue weighted by Gasteiger charge is -2.56. The molecule has 2 N–H and O–H groups in total. The van der Waals surface area contributed by atoms with Crippen molar-refractivity contribution in [3.05, 3.63) is 11.3 Å².